The minimum Gasteiger partial charge on any atom is -0.469 e. The van der Waals surface area contributed by atoms with Crippen molar-refractivity contribution in [2.75, 3.05) is 36.4 Å². The quantitative estimate of drug-likeness (QED) is 0.606. The molecule has 156 valence electrons. The molecule has 0 spiro atoms. The Hall–Kier alpha value is -2.91. The summed E-state index contributed by atoms with van der Waals surface area (Å²) in [6, 6.07) is 7.14. The summed E-state index contributed by atoms with van der Waals surface area (Å²) >= 11 is 7.26. The van der Waals surface area contributed by atoms with E-state index in [4.69, 9.17) is 16.0 Å². The van der Waals surface area contributed by atoms with Crippen LogP contribution in [0, 0.1) is 6.92 Å². The fourth-order valence-corrected chi connectivity index (χ4v) is 4.12. The second-order valence-electron chi connectivity index (χ2n) is 6.85. The number of pyridine rings is 1. The molecule has 1 saturated heterocycles. The summed E-state index contributed by atoms with van der Waals surface area (Å²) in [4.78, 5) is 37.5. The molecule has 8 nitrogen and oxygen atoms in total. The van der Waals surface area contributed by atoms with Crippen LogP contribution in [0.1, 0.15) is 21.8 Å². The smallest absolute Gasteiger partial charge is 0.260 e. The van der Waals surface area contributed by atoms with Crippen LogP contribution in [0.5, 0.6) is 0 Å². The van der Waals surface area contributed by atoms with Crippen molar-refractivity contribution in [1.29, 1.82) is 0 Å². The lowest BCUT2D eigenvalue weighted by atomic mass is 10.2. The maximum Gasteiger partial charge on any atom is 0.260 e. The van der Waals surface area contributed by atoms with E-state index in [1.807, 2.05) is 17.0 Å². The van der Waals surface area contributed by atoms with E-state index in [0.717, 1.165) is 5.82 Å². The van der Waals surface area contributed by atoms with Crippen LogP contribution in [0.3, 0.4) is 0 Å². The van der Waals surface area contributed by atoms with E-state index in [1.54, 1.807) is 24.4 Å². The highest BCUT2D eigenvalue weighted by Gasteiger charge is 2.23. The van der Waals surface area contributed by atoms with Crippen LogP contribution in [0.25, 0.3) is 0 Å². The Kier molecular flexibility index (Phi) is 6.01. The van der Waals surface area contributed by atoms with Crippen LogP contribution >= 0.6 is 22.9 Å². The number of aryl methyl sites for hydroxylation is 1. The van der Waals surface area contributed by atoms with E-state index in [9.17, 15) is 9.59 Å². The minimum absolute atomic E-state index is 0.0163. The topological polar surface area (TPSA) is 91.6 Å². The Morgan fingerprint density at radius 3 is 2.70 bits per heavy atom. The predicted octanol–water partition coefficient (Wildman–Crippen LogP) is 3.24. The Morgan fingerprint density at radius 1 is 1.20 bits per heavy atom. The van der Waals surface area contributed by atoms with Gasteiger partial charge in [0.15, 0.2) is 5.13 Å². The molecule has 1 fully saturated rings. The normalized spacial score (nSPS) is 14.1. The number of anilines is 2. The van der Waals surface area contributed by atoms with Crippen LogP contribution in [-0.4, -0.2) is 52.9 Å². The third kappa shape index (κ3) is 4.63. The SMILES string of the molecule is Cc1occc1C(=O)Nc1nc(CC(=O)N2CCN(c3cccc(Cl)n3)CC2)cs1. The molecule has 1 N–H and O–H groups in total. The summed E-state index contributed by atoms with van der Waals surface area (Å²) in [7, 11) is 0. The van der Waals surface area contributed by atoms with E-state index in [-0.39, 0.29) is 18.2 Å². The third-order valence-electron chi connectivity index (χ3n) is 4.86. The Morgan fingerprint density at radius 2 is 2.00 bits per heavy atom. The zero-order valence-electron chi connectivity index (χ0n) is 16.3. The molecule has 30 heavy (non-hydrogen) atoms. The molecular weight excluding hydrogens is 426 g/mol. The number of aromatic nitrogens is 2. The van der Waals surface area contributed by atoms with E-state index in [2.05, 4.69) is 20.2 Å². The second kappa shape index (κ2) is 8.85. The lowest BCUT2D eigenvalue weighted by Crippen LogP contribution is -2.49. The van der Waals surface area contributed by atoms with Crippen LogP contribution in [0.15, 0.2) is 40.3 Å². The Labute approximate surface area is 182 Å². The molecular formula is C20H20ClN5O3S. The van der Waals surface area contributed by atoms with Gasteiger partial charge < -0.3 is 14.2 Å². The fraction of sp³-hybridized carbons (Fsp3) is 0.300. The van der Waals surface area contributed by atoms with Gasteiger partial charge in [-0.25, -0.2) is 9.97 Å². The van der Waals surface area contributed by atoms with Crippen LogP contribution in [0.4, 0.5) is 10.9 Å². The van der Waals surface area contributed by atoms with E-state index in [1.165, 1.54) is 17.6 Å². The van der Waals surface area contributed by atoms with E-state index in [0.29, 0.717) is 53.5 Å². The van der Waals surface area contributed by atoms with Gasteiger partial charge in [0.05, 0.1) is 23.9 Å². The van der Waals surface area contributed by atoms with Gasteiger partial charge in [-0.2, -0.15) is 0 Å². The number of carbonyl (C=O) groups is 2. The predicted molar refractivity (Wildman–Crippen MR) is 115 cm³/mol. The Bertz CT molecular complexity index is 1060. The average Bonchev–Trinajstić information content (AvgIpc) is 3.36. The first kappa shape index (κ1) is 20.4. The van der Waals surface area contributed by atoms with Crippen molar-refractivity contribution in [3.05, 3.63) is 58.1 Å². The van der Waals surface area contributed by atoms with Gasteiger partial charge in [-0.15, -0.1) is 11.3 Å². The van der Waals surface area contributed by atoms with Gasteiger partial charge in [0, 0.05) is 31.6 Å². The number of halogens is 1. The van der Waals surface area contributed by atoms with Crippen molar-refractivity contribution >= 4 is 45.7 Å². The van der Waals surface area contributed by atoms with Gasteiger partial charge in [-0.3, -0.25) is 14.9 Å². The summed E-state index contributed by atoms with van der Waals surface area (Å²) in [5, 5.41) is 5.46. The minimum atomic E-state index is -0.278. The van der Waals surface area contributed by atoms with Crippen LogP contribution in [-0.2, 0) is 11.2 Å². The van der Waals surface area contributed by atoms with Crippen molar-refractivity contribution in [2.45, 2.75) is 13.3 Å². The molecule has 0 bridgehead atoms. The summed E-state index contributed by atoms with van der Waals surface area (Å²) < 4.78 is 5.15. The summed E-state index contributed by atoms with van der Waals surface area (Å²) in [5.41, 5.74) is 1.11. The van der Waals surface area contributed by atoms with Gasteiger partial charge in [-0.05, 0) is 25.1 Å². The monoisotopic (exact) mass is 445 g/mol. The van der Waals surface area contributed by atoms with E-state index >= 15 is 0 Å². The van der Waals surface area contributed by atoms with Crippen LogP contribution in [0.2, 0.25) is 5.15 Å². The molecule has 3 aromatic heterocycles. The number of rotatable bonds is 5. The molecule has 4 rings (SSSR count). The van der Waals surface area contributed by atoms with Gasteiger partial charge in [0.25, 0.3) is 5.91 Å². The Balaban J connectivity index is 1.30. The highest BCUT2D eigenvalue weighted by molar-refractivity contribution is 7.14. The molecule has 10 heteroatoms. The number of hydrogen-bond donors (Lipinski definition) is 1. The van der Waals surface area contributed by atoms with Gasteiger partial charge >= 0.3 is 0 Å². The maximum absolute atomic E-state index is 12.7. The first-order chi connectivity index (χ1) is 14.5. The number of piperazine rings is 1. The van der Waals surface area contributed by atoms with Gasteiger partial charge in [0.1, 0.15) is 16.7 Å². The molecule has 4 heterocycles. The lowest BCUT2D eigenvalue weighted by Gasteiger charge is -2.35. The molecule has 0 aliphatic carbocycles. The second-order valence-corrected chi connectivity index (χ2v) is 8.10. The van der Waals surface area contributed by atoms with E-state index < -0.39 is 0 Å². The molecule has 1 aliphatic rings. The maximum atomic E-state index is 12.7. The van der Waals surface area contributed by atoms with Crippen molar-refractivity contribution in [1.82, 2.24) is 14.9 Å². The summed E-state index contributed by atoms with van der Waals surface area (Å²) in [6.45, 7) is 4.34. The van der Waals surface area contributed by atoms with Crippen LogP contribution < -0.4 is 10.2 Å². The highest BCUT2D eigenvalue weighted by Crippen LogP contribution is 2.20. The largest absolute Gasteiger partial charge is 0.469 e. The highest BCUT2D eigenvalue weighted by atomic mass is 35.5. The van der Waals surface area contributed by atoms with Gasteiger partial charge in [0.2, 0.25) is 5.91 Å². The van der Waals surface area contributed by atoms with Crippen molar-refractivity contribution < 1.29 is 14.0 Å². The van der Waals surface area contributed by atoms with Gasteiger partial charge in [-0.1, -0.05) is 17.7 Å². The molecule has 0 atom stereocenters. The fourth-order valence-electron chi connectivity index (χ4n) is 3.26. The number of furan rings is 1. The molecule has 1 aliphatic heterocycles. The van der Waals surface area contributed by atoms with Crippen molar-refractivity contribution in [3.63, 3.8) is 0 Å². The molecule has 0 saturated carbocycles. The number of thiazole rings is 1. The number of nitrogens with one attached hydrogen (secondary N) is 1. The number of carbonyl (C=O) groups excluding carboxylic acids is 2. The first-order valence-electron chi connectivity index (χ1n) is 9.45. The standard InChI is InChI=1S/C20H20ClN5O3S/c1-13-15(5-10-29-13)19(28)24-20-22-14(12-30-20)11-18(27)26-8-6-25(7-9-26)17-4-2-3-16(21)23-17/h2-5,10,12H,6-9,11H2,1H3,(H,22,24,28). The zero-order chi connectivity index (χ0) is 21.1. The molecule has 2 amide bonds. The molecule has 0 radical (unpaired) electrons. The average molecular weight is 446 g/mol. The molecule has 0 unspecified atom stereocenters. The molecule has 3 aromatic rings. The number of amides is 2. The lowest BCUT2D eigenvalue weighted by molar-refractivity contribution is -0.130. The van der Waals surface area contributed by atoms with Crippen molar-refractivity contribution in [2.24, 2.45) is 0 Å². The third-order valence-corrected chi connectivity index (χ3v) is 5.88. The zero-order valence-corrected chi connectivity index (χ0v) is 17.9. The number of nitrogens with zero attached hydrogens (tertiary/aromatic N) is 4. The first-order valence-corrected chi connectivity index (χ1v) is 10.7. The summed E-state index contributed by atoms with van der Waals surface area (Å²) in [6.07, 6.45) is 1.67. The number of hydrogen-bond acceptors (Lipinski definition) is 7. The summed E-state index contributed by atoms with van der Waals surface area (Å²) in [5.74, 6) is 1.11. The molecule has 0 aromatic carbocycles. The van der Waals surface area contributed by atoms with Crippen molar-refractivity contribution in [3.8, 4) is 0 Å².